The van der Waals surface area contributed by atoms with E-state index < -0.39 is 11.5 Å². The average molecular weight is 187 g/mol. The van der Waals surface area contributed by atoms with Crippen LogP contribution < -0.4 is 11.5 Å². The van der Waals surface area contributed by atoms with Gasteiger partial charge in [0.05, 0.1) is 0 Å². The van der Waals surface area contributed by atoms with Crippen molar-refractivity contribution in [2.75, 3.05) is 12.3 Å². The van der Waals surface area contributed by atoms with Crippen molar-refractivity contribution in [2.45, 2.75) is 5.54 Å². The number of thiol groups is 1. The minimum atomic E-state index is -1.36. The van der Waals surface area contributed by atoms with Gasteiger partial charge < -0.3 is 16.6 Å². The van der Waals surface area contributed by atoms with E-state index in [2.05, 4.69) is 12.6 Å². The molecule has 62 valence electrons. The average Bonchev–Trinajstić information content (AvgIpc) is 1.86. The highest BCUT2D eigenvalue weighted by atomic mass is 35.5. The number of carbonyl (C=O) groups is 1. The molecule has 0 radical (unpaired) electrons. The summed E-state index contributed by atoms with van der Waals surface area (Å²) in [7, 11) is 0. The number of halogens is 1. The van der Waals surface area contributed by atoms with Crippen LogP contribution in [0.25, 0.3) is 0 Å². The van der Waals surface area contributed by atoms with Gasteiger partial charge in [-0.05, 0) is 0 Å². The van der Waals surface area contributed by atoms with Crippen LogP contribution in [-0.2, 0) is 4.79 Å². The molecule has 4 nitrogen and oxygen atoms in total. The van der Waals surface area contributed by atoms with E-state index in [4.69, 9.17) is 16.6 Å². The lowest BCUT2D eigenvalue weighted by atomic mass is 10.1. The Labute approximate surface area is 70.8 Å². The molecule has 0 aliphatic rings. The van der Waals surface area contributed by atoms with Gasteiger partial charge in [0, 0.05) is 12.3 Å². The van der Waals surface area contributed by atoms with Crippen molar-refractivity contribution < 1.29 is 9.90 Å². The Hall–Kier alpha value is 0.0300. The summed E-state index contributed by atoms with van der Waals surface area (Å²) in [6.45, 7) is -0.0914. The van der Waals surface area contributed by atoms with E-state index >= 15 is 0 Å². The summed E-state index contributed by atoms with van der Waals surface area (Å²) in [5.41, 5.74) is 8.94. The van der Waals surface area contributed by atoms with Crippen LogP contribution in [0.3, 0.4) is 0 Å². The molecular weight excluding hydrogens is 176 g/mol. The number of hydrogen-bond acceptors (Lipinski definition) is 4. The largest absolute Gasteiger partial charge is 0.480 e. The summed E-state index contributed by atoms with van der Waals surface area (Å²) in [5, 5.41) is 8.38. The van der Waals surface area contributed by atoms with Gasteiger partial charge in [0.15, 0.2) is 0 Å². The zero-order valence-corrected chi connectivity index (χ0v) is 6.99. The SMILES string of the molecule is Cl.NC[C@](N)(CS)C(=O)O. The van der Waals surface area contributed by atoms with E-state index in [1.807, 2.05) is 0 Å². The normalized spacial score (nSPS) is 15.1. The Morgan fingerprint density at radius 1 is 1.70 bits per heavy atom. The summed E-state index contributed by atoms with van der Waals surface area (Å²) in [6.07, 6.45) is 0. The lowest BCUT2D eigenvalue weighted by Gasteiger charge is -2.18. The smallest absolute Gasteiger partial charge is 0.325 e. The second kappa shape index (κ2) is 4.79. The summed E-state index contributed by atoms with van der Waals surface area (Å²) >= 11 is 3.73. The van der Waals surface area contributed by atoms with Gasteiger partial charge in [-0.3, -0.25) is 4.79 Å². The van der Waals surface area contributed by atoms with Crippen LogP contribution in [0, 0.1) is 0 Å². The second-order valence-electron chi connectivity index (χ2n) is 1.82. The molecule has 0 heterocycles. The van der Waals surface area contributed by atoms with Crippen LogP contribution in [0.1, 0.15) is 0 Å². The van der Waals surface area contributed by atoms with E-state index in [-0.39, 0.29) is 24.7 Å². The highest BCUT2D eigenvalue weighted by Gasteiger charge is 2.30. The van der Waals surface area contributed by atoms with Crippen molar-refractivity contribution in [1.29, 1.82) is 0 Å². The molecule has 0 aliphatic carbocycles. The second-order valence-corrected chi connectivity index (χ2v) is 2.14. The first-order chi connectivity index (χ1) is 4.06. The third-order valence-electron chi connectivity index (χ3n) is 1.07. The molecular formula is C4H11ClN2O2S. The van der Waals surface area contributed by atoms with Gasteiger partial charge in [0.25, 0.3) is 0 Å². The third-order valence-corrected chi connectivity index (χ3v) is 1.64. The number of carboxylic acid groups (broad SMARTS) is 1. The number of aliphatic carboxylic acids is 1. The fourth-order valence-electron chi connectivity index (χ4n) is 0.219. The van der Waals surface area contributed by atoms with Crippen LogP contribution in [0.2, 0.25) is 0 Å². The van der Waals surface area contributed by atoms with Crippen molar-refractivity contribution in [3.63, 3.8) is 0 Å². The molecule has 0 saturated carbocycles. The highest BCUT2D eigenvalue weighted by Crippen LogP contribution is 1.99. The highest BCUT2D eigenvalue weighted by molar-refractivity contribution is 7.80. The first-order valence-corrected chi connectivity index (χ1v) is 3.03. The van der Waals surface area contributed by atoms with Gasteiger partial charge in [-0.25, -0.2) is 0 Å². The molecule has 0 aromatic heterocycles. The molecule has 6 heteroatoms. The van der Waals surface area contributed by atoms with Gasteiger partial charge in [-0.2, -0.15) is 12.6 Å². The molecule has 0 aromatic rings. The third kappa shape index (κ3) is 2.74. The van der Waals surface area contributed by atoms with Crippen molar-refractivity contribution in [3.8, 4) is 0 Å². The summed E-state index contributed by atoms with van der Waals surface area (Å²) in [5.74, 6) is -1.06. The van der Waals surface area contributed by atoms with Crippen molar-refractivity contribution in [1.82, 2.24) is 0 Å². The maximum absolute atomic E-state index is 10.2. The molecule has 0 spiro atoms. The Bertz CT molecular complexity index is 118. The first-order valence-electron chi connectivity index (χ1n) is 2.40. The van der Waals surface area contributed by atoms with Crippen molar-refractivity contribution >= 4 is 31.0 Å². The molecule has 0 saturated heterocycles. The standard InChI is InChI=1S/C4H10N2O2S.ClH/c5-1-4(6,2-9)3(7)8;/h9H,1-2,5-6H2,(H,7,8);1H/t4-;/m0./s1. The first kappa shape index (κ1) is 12.7. The molecule has 0 rings (SSSR count). The lowest BCUT2D eigenvalue weighted by molar-refractivity contribution is -0.142. The Morgan fingerprint density at radius 2 is 2.10 bits per heavy atom. The summed E-state index contributed by atoms with van der Waals surface area (Å²) < 4.78 is 0. The Kier molecular flexibility index (Phi) is 6.07. The quantitative estimate of drug-likeness (QED) is 0.429. The number of carboxylic acids is 1. The van der Waals surface area contributed by atoms with Crippen molar-refractivity contribution in [2.24, 2.45) is 11.5 Å². The van der Waals surface area contributed by atoms with E-state index in [1.165, 1.54) is 0 Å². The van der Waals surface area contributed by atoms with Crippen molar-refractivity contribution in [3.05, 3.63) is 0 Å². The van der Waals surface area contributed by atoms with Crippen LogP contribution >= 0.6 is 25.0 Å². The fourth-order valence-corrected chi connectivity index (χ4v) is 0.484. The molecule has 0 aliphatic heterocycles. The predicted molar refractivity (Wildman–Crippen MR) is 44.7 cm³/mol. The van der Waals surface area contributed by atoms with Crippen LogP contribution in [0.4, 0.5) is 0 Å². The molecule has 0 amide bonds. The topological polar surface area (TPSA) is 89.3 Å². The molecule has 0 fully saturated rings. The predicted octanol–water partition coefficient (Wildman–Crippen LogP) is -0.921. The maximum atomic E-state index is 10.2. The molecule has 1 atom stereocenters. The lowest BCUT2D eigenvalue weighted by Crippen LogP contribution is -2.55. The fraction of sp³-hybridized carbons (Fsp3) is 0.750. The Balaban J connectivity index is 0. The van der Waals surface area contributed by atoms with Crippen LogP contribution in [0.15, 0.2) is 0 Å². The molecule has 10 heavy (non-hydrogen) atoms. The number of nitrogens with two attached hydrogens (primary N) is 2. The monoisotopic (exact) mass is 186 g/mol. The zero-order valence-electron chi connectivity index (χ0n) is 5.28. The van der Waals surface area contributed by atoms with Gasteiger partial charge in [-0.15, -0.1) is 12.4 Å². The minimum Gasteiger partial charge on any atom is -0.480 e. The van der Waals surface area contributed by atoms with Crippen LogP contribution in [0.5, 0.6) is 0 Å². The van der Waals surface area contributed by atoms with E-state index in [1.54, 1.807) is 0 Å². The summed E-state index contributed by atoms with van der Waals surface area (Å²) in [4.78, 5) is 10.2. The number of hydrogen-bond donors (Lipinski definition) is 4. The molecule has 5 N–H and O–H groups in total. The summed E-state index contributed by atoms with van der Waals surface area (Å²) in [6, 6.07) is 0. The van der Waals surface area contributed by atoms with Gasteiger partial charge >= 0.3 is 5.97 Å². The van der Waals surface area contributed by atoms with E-state index in [0.29, 0.717) is 0 Å². The van der Waals surface area contributed by atoms with E-state index in [9.17, 15) is 4.79 Å². The van der Waals surface area contributed by atoms with Gasteiger partial charge in [-0.1, -0.05) is 0 Å². The molecule has 0 unspecified atom stereocenters. The zero-order chi connectivity index (χ0) is 7.49. The van der Waals surface area contributed by atoms with Gasteiger partial charge in [0.2, 0.25) is 0 Å². The minimum absolute atomic E-state index is 0. The molecule has 0 bridgehead atoms. The number of rotatable bonds is 3. The van der Waals surface area contributed by atoms with Gasteiger partial charge in [0.1, 0.15) is 5.54 Å². The maximum Gasteiger partial charge on any atom is 0.325 e. The Morgan fingerprint density at radius 3 is 2.10 bits per heavy atom. The van der Waals surface area contributed by atoms with Crippen LogP contribution in [-0.4, -0.2) is 28.9 Å². The van der Waals surface area contributed by atoms with E-state index in [0.717, 1.165) is 0 Å². The molecule has 0 aromatic carbocycles.